The maximum Gasteiger partial charge on any atom is 0.433 e. The molecule has 4 saturated carbocycles. The van der Waals surface area contributed by atoms with Crippen molar-refractivity contribution in [1.82, 2.24) is 0 Å². The first-order valence-corrected chi connectivity index (χ1v) is 9.18. The molecule has 0 spiro atoms. The number of hydrogen-bond acceptors (Lipinski definition) is 6. The lowest BCUT2D eigenvalue weighted by Crippen LogP contribution is -2.56. The first-order chi connectivity index (χ1) is 12.3. The summed E-state index contributed by atoms with van der Waals surface area (Å²) in [5, 5.41) is 10.7. The van der Waals surface area contributed by atoms with Crippen LogP contribution in [0.1, 0.15) is 44.3 Å². The number of furan rings is 1. The van der Waals surface area contributed by atoms with E-state index in [9.17, 15) is 14.9 Å². The van der Waals surface area contributed by atoms with Crippen molar-refractivity contribution in [2.24, 2.45) is 22.2 Å². The van der Waals surface area contributed by atoms with Crippen LogP contribution in [0.15, 0.2) is 27.2 Å². The van der Waals surface area contributed by atoms with E-state index in [1.165, 1.54) is 24.6 Å². The van der Waals surface area contributed by atoms with Crippen LogP contribution in [-0.4, -0.2) is 21.7 Å². The summed E-state index contributed by atoms with van der Waals surface area (Å²) in [4.78, 5) is 26.6. The number of carbonyl (C=O) groups excluding carboxylic acids is 1. The maximum atomic E-state index is 12.3. The van der Waals surface area contributed by atoms with E-state index in [1.807, 2.05) is 0 Å². The molecule has 4 atom stereocenters. The second-order valence-electron chi connectivity index (χ2n) is 8.16. The fourth-order valence-corrected chi connectivity index (χ4v) is 6.38. The van der Waals surface area contributed by atoms with Crippen LogP contribution in [0, 0.1) is 27.4 Å². The monoisotopic (exact) mass is 376 g/mol. The molecule has 0 amide bonds. The van der Waals surface area contributed by atoms with E-state index in [-0.39, 0.29) is 27.6 Å². The first-order valence-electron chi connectivity index (χ1n) is 8.80. The summed E-state index contributed by atoms with van der Waals surface area (Å²) in [5.74, 6) is 0.879. The average Bonchev–Trinajstić information content (AvgIpc) is 3.13. The molecule has 1 aliphatic heterocycles. The molecule has 4 aliphatic carbocycles. The summed E-state index contributed by atoms with van der Waals surface area (Å²) in [6.07, 6.45) is 7.38. The van der Waals surface area contributed by atoms with Gasteiger partial charge in [-0.05, 0) is 56.4 Å². The Balaban J connectivity index is 1.47. The van der Waals surface area contributed by atoms with E-state index in [1.54, 1.807) is 0 Å². The molecule has 1 aromatic rings. The van der Waals surface area contributed by atoms with Crippen molar-refractivity contribution in [3.8, 4) is 0 Å². The molecule has 2 unspecified atom stereocenters. The zero-order valence-corrected chi connectivity index (χ0v) is 14.7. The van der Waals surface area contributed by atoms with Gasteiger partial charge in [0.2, 0.25) is 5.90 Å². The third kappa shape index (κ3) is 2.40. The van der Waals surface area contributed by atoms with Crippen molar-refractivity contribution < 1.29 is 18.9 Å². The van der Waals surface area contributed by atoms with Gasteiger partial charge in [0.05, 0.1) is 6.07 Å². The zero-order valence-electron chi connectivity index (χ0n) is 13.9. The fourth-order valence-electron chi connectivity index (χ4n) is 5.69. The Morgan fingerprint density at radius 2 is 2.00 bits per heavy atom. The molecule has 7 nitrogen and oxygen atoms in total. The third-order valence-electron chi connectivity index (χ3n) is 6.14. The highest BCUT2D eigenvalue weighted by atomic mass is 35.5. The molecule has 0 saturated heterocycles. The topological polar surface area (TPSA) is 94.9 Å². The molecule has 6 rings (SSSR count). The predicted molar refractivity (Wildman–Crippen MR) is 92.6 cm³/mol. The van der Waals surface area contributed by atoms with Crippen LogP contribution >= 0.6 is 11.6 Å². The standard InChI is InChI=1S/C18H17ClN2O5/c19-18-7-10-3-11(8-18)6-17(5-10,9-18)16-20-13(15(22)26-16)4-12-1-2-14(25-12)21(23)24/h1-2,4,10-11H,3,5-9H2/b13-4-/t10-,11+,17?,18?. The Hall–Kier alpha value is -2.15. The second-order valence-corrected chi connectivity index (χ2v) is 8.96. The Kier molecular flexibility index (Phi) is 3.20. The molecule has 136 valence electrons. The molecule has 0 N–H and O–H groups in total. The number of hydrogen-bond donors (Lipinski definition) is 0. The van der Waals surface area contributed by atoms with Gasteiger partial charge in [-0.2, -0.15) is 0 Å². The van der Waals surface area contributed by atoms with Crippen LogP contribution in [0.4, 0.5) is 5.88 Å². The molecule has 0 aromatic carbocycles. The van der Waals surface area contributed by atoms with Gasteiger partial charge in [0.25, 0.3) is 0 Å². The third-order valence-corrected chi connectivity index (χ3v) is 6.58. The quantitative estimate of drug-likeness (QED) is 0.260. The number of cyclic esters (lactones) is 1. The van der Waals surface area contributed by atoms with Crippen LogP contribution in [0.25, 0.3) is 6.08 Å². The molecule has 26 heavy (non-hydrogen) atoms. The minimum absolute atomic E-state index is 0.114. The Morgan fingerprint density at radius 3 is 2.62 bits per heavy atom. The number of alkyl halides is 1. The van der Waals surface area contributed by atoms with E-state index in [4.69, 9.17) is 20.8 Å². The zero-order chi connectivity index (χ0) is 18.1. The summed E-state index contributed by atoms with van der Waals surface area (Å²) in [7, 11) is 0. The van der Waals surface area contributed by atoms with Crippen LogP contribution in [0.3, 0.4) is 0 Å². The lowest BCUT2D eigenvalue weighted by Gasteiger charge is -2.59. The average molecular weight is 377 g/mol. The van der Waals surface area contributed by atoms with Gasteiger partial charge in [0, 0.05) is 16.4 Å². The number of carbonyl (C=O) groups is 1. The number of ether oxygens (including phenoxy) is 1. The Bertz CT molecular complexity index is 872. The van der Waals surface area contributed by atoms with Gasteiger partial charge in [0.15, 0.2) is 5.70 Å². The summed E-state index contributed by atoms with van der Waals surface area (Å²) in [6, 6.07) is 2.68. The molecule has 0 radical (unpaired) electrons. The molecule has 4 fully saturated rings. The number of esters is 1. The molecule has 2 heterocycles. The molecular formula is C18H17ClN2O5. The minimum Gasteiger partial charge on any atom is -0.406 e. The van der Waals surface area contributed by atoms with Gasteiger partial charge in [-0.25, -0.2) is 9.79 Å². The second kappa shape index (κ2) is 5.19. The number of nitro groups is 1. The molecule has 1 aromatic heterocycles. The van der Waals surface area contributed by atoms with Gasteiger partial charge in [-0.15, -0.1) is 11.6 Å². The summed E-state index contributed by atoms with van der Waals surface area (Å²) >= 11 is 6.84. The van der Waals surface area contributed by atoms with E-state index in [0.717, 1.165) is 32.1 Å². The van der Waals surface area contributed by atoms with Gasteiger partial charge >= 0.3 is 11.9 Å². The highest BCUT2D eigenvalue weighted by Crippen LogP contribution is 2.64. The minimum atomic E-state index is -0.626. The SMILES string of the molecule is O=C1OC(C23C[C@@H]4C[C@@H](CC(Cl)(C4)C2)C3)=N/C1=C\c1ccc([N+](=O)[O-])o1. The molecule has 8 heteroatoms. The normalized spacial score (nSPS) is 39.3. The van der Waals surface area contributed by atoms with E-state index < -0.39 is 10.9 Å². The lowest BCUT2D eigenvalue weighted by atomic mass is 9.49. The first kappa shape index (κ1) is 16.1. The van der Waals surface area contributed by atoms with E-state index in [0.29, 0.717) is 17.7 Å². The van der Waals surface area contributed by atoms with Crippen LogP contribution in [-0.2, 0) is 9.53 Å². The number of aliphatic imine (C=N–C) groups is 1. The van der Waals surface area contributed by atoms with Crippen molar-refractivity contribution in [3.05, 3.63) is 33.7 Å². The predicted octanol–water partition coefficient (Wildman–Crippen LogP) is 4.06. The van der Waals surface area contributed by atoms with Gasteiger partial charge in [0.1, 0.15) is 10.7 Å². The van der Waals surface area contributed by atoms with E-state index in [2.05, 4.69) is 4.99 Å². The maximum absolute atomic E-state index is 12.3. The molecular weight excluding hydrogens is 360 g/mol. The van der Waals surface area contributed by atoms with Crippen molar-refractivity contribution in [2.75, 3.05) is 0 Å². The highest BCUT2D eigenvalue weighted by Gasteiger charge is 2.60. The van der Waals surface area contributed by atoms with Crippen LogP contribution < -0.4 is 0 Å². The highest BCUT2D eigenvalue weighted by molar-refractivity contribution is 6.24. The molecule has 5 aliphatic rings. The molecule has 4 bridgehead atoms. The van der Waals surface area contributed by atoms with Gasteiger partial charge in [-0.3, -0.25) is 10.1 Å². The Morgan fingerprint density at radius 1 is 1.27 bits per heavy atom. The largest absolute Gasteiger partial charge is 0.433 e. The smallest absolute Gasteiger partial charge is 0.406 e. The van der Waals surface area contributed by atoms with Crippen molar-refractivity contribution in [2.45, 2.75) is 43.4 Å². The van der Waals surface area contributed by atoms with Crippen LogP contribution in [0.2, 0.25) is 0 Å². The Labute approximate surface area is 154 Å². The van der Waals surface area contributed by atoms with Crippen molar-refractivity contribution >= 4 is 35.4 Å². The number of rotatable bonds is 3. The number of nitrogens with zero attached hydrogens (tertiary/aromatic N) is 2. The van der Waals surface area contributed by atoms with Gasteiger partial charge < -0.3 is 9.15 Å². The van der Waals surface area contributed by atoms with E-state index >= 15 is 0 Å². The summed E-state index contributed by atoms with van der Waals surface area (Å²) in [6.45, 7) is 0. The summed E-state index contributed by atoms with van der Waals surface area (Å²) < 4.78 is 10.6. The number of halogens is 1. The van der Waals surface area contributed by atoms with Crippen LogP contribution in [0.5, 0.6) is 0 Å². The lowest BCUT2D eigenvalue weighted by molar-refractivity contribution is -0.402. The van der Waals surface area contributed by atoms with Crippen molar-refractivity contribution in [1.29, 1.82) is 0 Å². The summed E-state index contributed by atoms with van der Waals surface area (Å²) in [5.41, 5.74) is -0.143. The fraction of sp³-hybridized carbons (Fsp3) is 0.556. The van der Waals surface area contributed by atoms with Crippen molar-refractivity contribution in [3.63, 3.8) is 0 Å². The van der Waals surface area contributed by atoms with Gasteiger partial charge in [-0.1, -0.05) is 0 Å².